The predicted octanol–water partition coefficient (Wildman–Crippen LogP) is 2.01. The van der Waals surface area contributed by atoms with Crippen LogP contribution in [0.15, 0.2) is 30.6 Å². The van der Waals surface area contributed by atoms with Gasteiger partial charge in [-0.1, -0.05) is 0 Å². The smallest absolute Gasteiger partial charge is 0.160 e. The monoisotopic (exact) mass is 401 g/mol. The molecule has 1 aliphatic carbocycles. The molecule has 2 aliphatic rings. The first-order valence-electron chi connectivity index (χ1n) is 9.47. The summed E-state index contributed by atoms with van der Waals surface area (Å²) in [5, 5.41) is 7.97. The van der Waals surface area contributed by atoms with Gasteiger partial charge in [-0.05, 0) is 37.5 Å². The Morgan fingerprint density at radius 1 is 1.29 bits per heavy atom. The molecule has 3 aromatic rings. The van der Waals surface area contributed by atoms with E-state index < -0.39 is 14.6 Å². The maximum absolute atomic E-state index is 12.7. The van der Waals surface area contributed by atoms with Gasteiger partial charge >= 0.3 is 0 Å². The fourth-order valence-corrected chi connectivity index (χ4v) is 5.62. The molecule has 0 spiro atoms. The second kappa shape index (κ2) is 6.05. The number of aromatic nitrogens is 4. The Hall–Kier alpha value is -2.39. The number of H-pyrrole nitrogens is 1. The summed E-state index contributed by atoms with van der Waals surface area (Å²) < 4.78 is 32.0. The number of rotatable bonds is 4. The topological polar surface area (TPSA) is 93.1 Å². The maximum atomic E-state index is 12.7. The average molecular weight is 401 g/mol. The summed E-state index contributed by atoms with van der Waals surface area (Å²) in [6.07, 6.45) is 6.30. The molecule has 2 fully saturated rings. The van der Waals surface area contributed by atoms with Crippen molar-refractivity contribution in [2.24, 2.45) is 0 Å². The van der Waals surface area contributed by atoms with Crippen LogP contribution in [0.4, 0.5) is 5.82 Å². The highest BCUT2D eigenvalue weighted by Gasteiger charge is 2.54. The third-order valence-corrected chi connectivity index (χ3v) is 7.99. The predicted molar refractivity (Wildman–Crippen MR) is 107 cm³/mol. The summed E-state index contributed by atoms with van der Waals surface area (Å²) in [6.45, 7) is 4.10. The van der Waals surface area contributed by atoms with Crippen LogP contribution in [0.25, 0.3) is 16.9 Å². The lowest BCUT2D eigenvalue weighted by Crippen LogP contribution is -2.44. The summed E-state index contributed by atoms with van der Waals surface area (Å²) in [4.78, 5) is 7.13. The number of pyridine rings is 1. The molecule has 1 saturated carbocycles. The Kier molecular flexibility index (Phi) is 3.82. The standard InChI is InChI=1S/C19H23N5O3S/c1-13-12-27-10-9-23(13)17-11-15(19(5-6-19)28(2,25)26)14-4-8-24(18(14)21-17)16-3-7-20-22-16/h3-4,7-8,11,13H,5-6,9-10,12H2,1-2H3,(H,20,22). The third-order valence-electron chi connectivity index (χ3n) is 5.94. The molecule has 1 aliphatic heterocycles. The molecular formula is C19H23N5O3S. The minimum atomic E-state index is -3.24. The number of hydrogen-bond acceptors (Lipinski definition) is 6. The lowest BCUT2D eigenvalue weighted by Gasteiger charge is -2.35. The maximum Gasteiger partial charge on any atom is 0.160 e. The van der Waals surface area contributed by atoms with Gasteiger partial charge in [0.15, 0.2) is 15.7 Å². The van der Waals surface area contributed by atoms with Crippen LogP contribution in [0.2, 0.25) is 0 Å². The van der Waals surface area contributed by atoms with Crippen molar-refractivity contribution in [1.82, 2.24) is 19.7 Å². The molecule has 9 heteroatoms. The highest BCUT2D eigenvalue weighted by Crippen LogP contribution is 2.54. The molecule has 0 radical (unpaired) electrons. The molecule has 1 N–H and O–H groups in total. The van der Waals surface area contributed by atoms with Crippen molar-refractivity contribution in [3.05, 3.63) is 36.2 Å². The SMILES string of the molecule is CC1COCCN1c1cc(C2(S(C)(=O)=O)CC2)c2ccn(-c3cc[nH]n3)c2n1. The van der Waals surface area contributed by atoms with Crippen molar-refractivity contribution in [2.45, 2.75) is 30.6 Å². The quantitative estimate of drug-likeness (QED) is 0.719. The van der Waals surface area contributed by atoms with Gasteiger partial charge in [0.25, 0.3) is 0 Å². The molecule has 0 aromatic carbocycles. The van der Waals surface area contributed by atoms with Crippen molar-refractivity contribution in [3.63, 3.8) is 0 Å². The molecule has 3 aromatic heterocycles. The Labute approximate surface area is 163 Å². The Bertz CT molecular complexity index is 1130. The van der Waals surface area contributed by atoms with Gasteiger partial charge in [0.2, 0.25) is 0 Å². The van der Waals surface area contributed by atoms with E-state index in [0.29, 0.717) is 26.1 Å². The minimum Gasteiger partial charge on any atom is -0.377 e. The summed E-state index contributed by atoms with van der Waals surface area (Å²) in [5.74, 6) is 1.52. The summed E-state index contributed by atoms with van der Waals surface area (Å²) >= 11 is 0. The number of sulfone groups is 1. The van der Waals surface area contributed by atoms with E-state index in [2.05, 4.69) is 22.0 Å². The van der Waals surface area contributed by atoms with Crippen LogP contribution >= 0.6 is 0 Å². The highest BCUT2D eigenvalue weighted by atomic mass is 32.2. The van der Waals surface area contributed by atoms with Crippen LogP contribution in [0.1, 0.15) is 25.3 Å². The van der Waals surface area contributed by atoms with Crippen molar-refractivity contribution >= 4 is 26.7 Å². The van der Waals surface area contributed by atoms with Crippen molar-refractivity contribution in [3.8, 4) is 5.82 Å². The van der Waals surface area contributed by atoms with Gasteiger partial charge in [-0.2, -0.15) is 5.10 Å². The highest BCUT2D eigenvalue weighted by molar-refractivity contribution is 7.92. The number of aromatic amines is 1. The van der Waals surface area contributed by atoms with E-state index in [1.807, 2.05) is 29.0 Å². The fourth-order valence-electron chi connectivity index (χ4n) is 4.21. The number of morpholine rings is 1. The Morgan fingerprint density at radius 2 is 2.11 bits per heavy atom. The van der Waals surface area contributed by atoms with Gasteiger partial charge in [0.1, 0.15) is 11.5 Å². The van der Waals surface area contributed by atoms with E-state index in [0.717, 1.165) is 34.8 Å². The summed E-state index contributed by atoms with van der Waals surface area (Å²) in [7, 11) is -3.24. The first kappa shape index (κ1) is 17.7. The van der Waals surface area contributed by atoms with E-state index >= 15 is 0 Å². The second-order valence-corrected chi connectivity index (χ2v) is 10.1. The zero-order chi connectivity index (χ0) is 19.5. The molecule has 8 nitrogen and oxygen atoms in total. The molecule has 1 atom stereocenters. The van der Waals surface area contributed by atoms with Crippen LogP contribution < -0.4 is 4.90 Å². The number of hydrogen-bond donors (Lipinski definition) is 1. The second-order valence-electron chi connectivity index (χ2n) is 7.77. The number of ether oxygens (including phenoxy) is 1. The van der Waals surface area contributed by atoms with Gasteiger partial charge in [-0.25, -0.2) is 13.4 Å². The molecule has 5 rings (SSSR count). The zero-order valence-electron chi connectivity index (χ0n) is 15.9. The largest absolute Gasteiger partial charge is 0.377 e. The normalized spacial score (nSPS) is 21.9. The number of fused-ring (bicyclic) bond motifs is 1. The number of nitrogens with zero attached hydrogens (tertiary/aromatic N) is 4. The van der Waals surface area contributed by atoms with Gasteiger partial charge < -0.3 is 9.64 Å². The van der Waals surface area contributed by atoms with E-state index in [1.54, 1.807) is 6.20 Å². The molecule has 4 heterocycles. The van der Waals surface area contributed by atoms with E-state index in [1.165, 1.54) is 6.26 Å². The molecular weight excluding hydrogens is 378 g/mol. The zero-order valence-corrected chi connectivity index (χ0v) is 16.7. The van der Waals surface area contributed by atoms with Crippen LogP contribution in [0, 0.1) is 0 Å². The Morgan fingerprint density at radius 3 is 2.75 bits per heavy atom. The first-order chi connectivity index (χ1) is 13.4. The van der Waals surface area contributed by atoms with Gasteiger partial charge in [0, 0.05) is 36.6 Å². The molecule has 1 saturated heterocycles. The molecule has 0 bridgehead atoms. The van der Waals surface area contributed by atoms with Crippen molar-refractivity contribution in [2.75, 3.05) is 30.9 Å². The fraction of sp³-hybridized carbons (Fsp3) is 0.474. The number of anilines is 1. The Balaban J connectivity index is 1.76. The van der Waals surface area contributed by atoms with Crippen molar-refractivity contribution in [1.29, 1.82) is 0 Å². The van der Waals surface area contributed by atoms with Crippen LogP contribution in [0.3, 0.4) is 0 Å². The number of nitrogens with one attached hydrogen (secondary N) is 1. The van der Waals surface area contributed by atoms with Crippen LogP contribution in [-0.4, -0.2) is 60.2 Å². The first-order valence-corrected chi connectivity index (χ1v) is 11.4. The van der Waals surface area contributed by atoms with E-state index in [4.69, 9.17) is 9.72 Å². The molecule has 1 unspecified atom stereocenters. The van der Waals surface area contributed by atoms with Gasteiger partial charge in [-0.15, -0.1) is 0 Å². The summed E-state index contributed by atoms with van der Waals surface area (Å²) in [6, 6.07) is 5.97. The van der Waals surface area contributed by atoms with Crippen LogP contribution in [0.5, 0.6) is 0 Å². The molecule has 148 valence electrons. The van der Waals surface area contributed by atoms with Crippen LogP contribution in [-0.2, 0) is 19.3 Å². The van der Waals surface area contributed by atoms with Gasteiger partial charge in [-0.3, -0.25) is 9.67 Å². The minimum absolute atomic E-state index is 0.175. The summed E-state index contributed by atoms with van der Waals surface area (Å²) in [5.41, 5.74) is 1.58. The lowest BCUT2D eigenvalue weighted by molar-refractivity contribution is 0.0985. The lowest BCUT2D eigenvalue weighted by atomic mass is 10.1. The average Bonchev–Trinajstić information content (AvgIpc) is 3.11. The van der Waals surface area contributed by atoms with Crippen molar-refractivity contribution < 1.29 is 13.2 Å². The molecule has 0 amide bonds. The van der Waals surface area contributed by atoms with Gasteiger partial charge in [0.05, 0.1) is 24.0 Å². The van der Waals surface area contributed by atoms with E-state index in [9.17, 15) is 8.42 Å². The van der Waals surface area contributed by atoms with E-state index in [-0.39, 0.29) is 6.04 Å². The third kappa shape index (κ3) is 2.56. The molecule has 28 heavy (non-hydrogen) atoms.